The quantitative estimate of drug-likeness (QED) is 0.818. The number of aryl methyl sites for hydroxylation is 1. The highest BCUT2D eigenvalue weighted by molar-refractivity contribution is 9.10. The van der Waals surface area contributed by atoms with Crippen molar-refractivity contribution in [3.05, 3.63) is 45.0 Å². The molecule has 21 heavy (non-hydrogen) atoms. The number of para-hydroxylation sites is 1. The summed E-state index contributed by atoms with van der Waals surface area (Å²) in [6.07, 6.45) is 0. The zero-order chi connectivity index (χ0) is 15.6. The third-order valence-electron chi connectivity index (χ3n) is 2.80. The topological polar surface area (TPSA) is 58.2 Å². The molecule has 4 nitrogen and oxygen atoms in total. The van der Waals surface area contributed by atoms with Crippen molar-refractivity contribution in [1.82, 2.24) is 5.32 Å². The fraction of sp³-hybridized carbons (Fsp3) is 0.231. The van der Waals surface area contributed by atoms with Crippen molar-refractivity contribution < 1.29 is 12.8 Å². The molecule has 0 atom stereocenters. The lowest BCUT2D eigenvalue weighted by molar-refractivity contribution is 0.600. The molecule has 0 aliphatic heterocycles. The Labute approximate surface area is 135 Å². The number of sulfonamides is 1. The molecular weight excluding hydrogens is 379 g/mol. The Bertz CT molecular complexity index is 739. The van der Waals surface area contributed by atoms with Crippen LogP contribution in [0, 0.1) is 12.7 Å². The highest BCUT2D eigenvalue weighted by atomic mass is 79.9. The summed E-state index contributed by atoms with van der Waals surface area (Å²) in [6.45, 7) is 2.44. The Morgan fingerprint density at radius 3 is 2.71 bits per heavy atom. The van der Waals surface area contributed by atoms with E-state index in [0.29, 0.717) is 11.0 Å². The second-order valence-electron chi connectivity index (χ2n) is 4.40. The van der Waals surface area contributed by atoms with Crippen molar-refractivity contribution >= 4 is 43.0 Å². The number of halogens is 2. The fourth-order valence-corrected chi connectivity index (χ4v) is 5.00. The second-order valence-corrected chi connectivity index (χ2v) is 8.30. The molecule has 2 aromatic rings. The minimum Gasteiger partial charge on any atom is -0.315 e. The van der Waals surface area contributed by atoms with E-state index in [4.69, 9.17) is 0 Å². The number of hydrogen-bond donors (Lipinski definition) is 2. The molecule has 8 heteroatoms. The molecule has 0 radical (unpaired) electrons. The van der Waals surface area contributed by atoms with E-state index >= 15 is 0 Å². The predicted molar refractivity (Wildman–Crippen MR) is 86.7 cm³/mol. The maximum absolute atomic E-state index is 13.7. The third-order valence-corrected chi connectivity index (χ3v) is 6.52. The molecule has 0 amide bonds. The minimum absolute atomic E-state index is 0.0845. The van der Waals surface area contributed by atoms with Crippen LogP contribution in [0.4, 0.5) is 10.1 Å². The number of hydrogen-bond acceptors (Lipinski definition) is 4. The SMILES string of the molecule is CNCc1sc(S(=O)(=O)Nc2c(F)cccc2Br)cc1C. The molecule has 0 saturated heterocycles. The average molecular weight is 393 g/mol. The van der Waals surface area contributed by atoms with Crippen LogP contribution in [0.5, 0.6) is 0 Å². The van der Waals surface area contributed by atoms with Crippen LogP contribution in [-0.4, -0.2) is 15.5 Å². The molecule has 2 rings (SSSR count). The molecule has 0 bridgehead atoms. The maximum Gasteiger partial charge on any atom is 0.271 e. The van der Waals surface area contributed by atoms with Crippen LogP contribution >= 0.6 is 27.3 Å². The van der Waals surface area contributed by atoms with Crippen LogP contribution < -0.4 is 10.0 Å². The van der Waals surface area contributed by atoms with E-state index in [-0.39, 0.29) is 9.90 Å². The van der Waals surface area contributed by atoms with Crippen LogP contribution in [0.15, 0.2) is 32.9 Å². The number of thiophene rings is 1. The summed E-state index contributed by atoms with van der Waals surface area (Å²) in [4.78, 5) is 0.936. The third kappa shape index (κ3) is 3.63. The van der Waals surface area contributed by atoms with Gasteiger partial charge in [0.1, 0.15) is 10.0 Å². The molecule has 1 aromatic heterocycles. The van der Waals surface area contributed by atoms with Crippen LogP contribution in [-0.2, 0) is 16.6 Å². The van der Waals surface area contributed by atoms with Crippen LogP contribution in [0.2, 0.25) is 0 Å². The summed E-state index contributed by atoms with van der Waals surface area (Å²) in [5.41, 5.74) is 0.807. The maximum atomic E-state index is 13.7. The zero-order valence-electron chi connectivity index (χ0n) is 11.4. The largest absolute Gasteiger partial charge is 0.315 e. The molecule has 2 N–H and O–H groups in total. The first-order chi connectivity index (χ1) is 9.85. The highest BCUT2D eigenvalue weighted by Crippen LogP contribution is 2.31. The Morgan fingerprint density at radius 1 is 1.38 bits per heavy atom. The molecule has 0 spiro atoms. The smallest absolute Gasteiger partial charge is 0.271 e. The molecule has 0 saturated carbocycles. The number of rotatable bonds is 5. The van der Waals surface area contributed by atoms with E-state index in [0.717, 1.165) is 10.4 Å². The predicted octanol–water partition coefficient (Wildman–Crippen LogP) is 3.48. The van der Waals surface area contributed by atoms with Gasteiger partial charge in [-0.1, -0.05) is 6.07 Å². The lowest BCUT2D eigenvalue weighted by Gasteiger charge is -2.09. The summed E-state index contributed by atoms with van der Waals surface area (Å²) in [5.74, 6) is -0.628. The Kier molecular flexibility index (Phi) is 5.03. The first kappa shape index (κ1) is 16.4. The summed E-state index contributed by atoms with van der Waals surface area (Å²) in [7, 11) is -2.01. The number of nitrogens with one attached hydrogen (secondary N) is 2. The van der Waals surface area contributed by atoms with Crippen molar-refractivity contribution in [3.8, 4) is 0 Å². The molecule has 0 aliphatic rings. The van der Waals surface area contributed by atoms with Crippen molar-refractivity contribution in [3.63, 3.8) is 0 Å². The van der Waals surface area contributed by atoms with Gasteiger partial charge in [0.05, 0.1) is 5.69 Å². The molecule has 0 unspecified atom stereocenters. The lowest BCUT2D eigenvalue weighted by atomic mass is 10.3. The average Bonchev–Trinajstić information content (AvgIpc) is 2.77. The normalized spacial score (nSPS) is 11.6. The van der Waals surface area contributed by atoms with Gasteiger partial charge >= 0.3 is 0 Å². The van der Waals surface area contributed by atoms with Crippen LogP contribution in [0.25, 0.3) is 0 Å². The Hall–Kier alpha value is -0.960. The van der Waals surface area contributed by atoms with E-state index in [1.54, 1.807) is 19.2 Å². The van der Waals surface area contributed by atoms with E-state index in [9.17, 15) is 12.8 Å². The summed E-state index contributed by atoms with van der Waals surface area (Å²) >= 11 is 4.31. The monoisotopic (exact) mass is 392 g/mol. The first-order valence-electron chi connectivity index (χ1n) is 6.06. The number of anilines is 1. The van der Waals surface area contributed by atoms with Gasteiger partial charge in [0.2, 0.25) is 0 Å². The fourth-order valence-electron chi connectivity index (χ4n) is 1.74. The minimum atomic E-state index is -3.81. The highest BCUT2D eigenvalue weighted by Gasteiger charge is 2.21. The molecule has 0 fully saturated rings. The van der Waals surface area contributed by atoms with Crippen LogP contribution in [0.1, 0.15) is 10.4 Å². The van der Waals surface area contributed by atoms with E-state index < -0.39 is 15.8 Å². The molecule has 0 aliphatic carbocycles. The molecule has 1 heterocycles. The van der Waals surface area contributed by atoms with E-state index in [1.165, 1.54) is 23.5 Å². The van der Waals surface area contributed by atoms with E-state index in [2.05, 4.69) is 26.0 Å². The van der Waals surface area contributed by atoms with Crippen molar-refractivity contribution in [2.75, 3.05) is 11.8 Å². The first-order valence-corrected chi connectivity index (χ1v) is 9.15. The Morgan fingerprint density at radius 2 is 2.10 bits per heavy atom. The van der Waals surface area contributed by atoms with Gasteiger partial charge in [0, 0.05) is 15.9 Å². The zero-order valence-corrected chi connectivity index (χ0v) is 14.6. The van der Waals surface area contributed by atoms with Gasteiger partial charge in [-0.25, -0.2) is 12.8 Å². The van der Waals surface area contributed by atoms with Gasteiger partial charge in [0.15, 0.2) is 0 Å². The van der Waals surface area contributed by atoms with Gasteiger partial charge in [-0.3, -0.25) is 4.72 Å². The van der Waals surface area contributed by atoms with Gasteiger partial charge in [0.25, 0.3) is 10.0 Å². The second kappa shape index (κ2) is 6.43. The van der Waals surface area contributed by atoms with Crippen molar-refractivity contribution in [2.24, 2.45) is 0 Å². The van der Waals surface area contributed by atoms with Gasteiger partial charge in [-0.15, -0.1) is 11.3 Å². The molecule has 1 aromatic carbocycles. The van der Waals surface area contributed by atoms with Gasteiger partial charge in [-0.05, 0) is 53.7 Å². The summed E-state index contributed by atoms with van der Waals surface area (Å²) < 4.78 is 41.3. The summed E-state index contributed by atoms with van der Waals surface area (Å²) in [5, 5.41) is 2.99. The van der Waals surface area contributed by atoms with Gasteiger partial charge < -0.3 is 5.32 Å². The van der Waals surface area contributed by atoms with Crippen LogP contribution in [0.3, 0.4) is 0 Å². The number of benzene rings is 1. The summed E-state index contributed by atoms with van der Waals surface area (Å²) in [6, 6.07) is 5.87. The van der Waals surface area contributed by atoms with Crippen molar-refractivity contribution in [1.29, 1.82) is 0 Å². The molecule has 114 valence electrons. The standard InChI is InChI=1S/C13H14BrFN2O2S2/c1-8-6-12(20-11(8)7-16-2)21(18,19)17-13-9(14)4-3-5-10(13)15/h3-6,16-17H,7H2,1-2H3. The lowest BCUT2D eigenvalue weighted by Crippen LogP contribution is -2.13. The van der Waals surface area contributed by atoms with E-state index in [1.807, 2.05) is 6.92 Å². The molecular formula is C13H14BrFN2O2S2. The van der Waals surface area contributed by atoms with Gasteiger partial charge in [-0.2, -0.15) is 0 Å². The van der Waals surface area contributed by atoms with Crippen molar-refractivity contribution in [2.45, 2.75) is 17.7 Å². The Balaban J connectivity index is 2.37.